The molecule has 3 aromatic rings. The predicted molar refractivity (Wildman–Crippen MR) is 357 cm³/mol. The van der Waals surface area contributed by atoms with Gasteiger partial charge in [0.05, 0.1) is 29.4 Å². The molecule has 0 spiro atoms. The summed E-state index contributed by atoms with van der Waals surface area (Å²) in [5.41, 5.74) is -0.117. The summed E-state index contributed by atoms with van der Waals surface area (Å²) >= 11 is 0.837. The highest BCUT2D eigenvalue weighted by Crippen LogP contribution is 2.67. The summed E-state index contributed by atoms with van der Waals surface area (Å²) in [5, 5.41) is 10.8. The number of ether oxygens (including phenoxy) is 3. The van der Waals surface area contributed by atoms with E-state index in [1.807, 2.05) is 6.07 Å². The lowest BCUT2D eigenvalue weighted by atomic mass is 9.82. The number of carbonyl (C=O) groups is 12. The maximum Gasteiger partial charge on any atom is 0.410 e. The minimum Gasteiger partial charge on any atom is -0.453 e. The van der Waals surface area contributed by atoms with Crippen LogP contribution in [0.15, 0.2) is 42.5 Å². The van der Waals surface area contributed by atoms with Crippen LogP contribution in [0.3, 0.4) is 0 Å². The molecule has 9 rings (SSSR count). The Kier molecular flexibility index (Phi) is 24.3. The maximum atomic E-state index is 16.7. The van der Waals surface area contributed by atoms with Gasteiger partial charge in [-0.15, -0.1) is 11.3 Å². The molecule has 1 saturated carbocycles. The Balaban J connectivity index is 0.858. The van der Waals surface area contributed by atoms with Gasteiger partial charge >= 0.3 is 31.3 Å². The second-order valence-corrected chi connectivity index (χ2v) is 31.4. The predicted octanol–water partition coefficient (Wildman–Crippen LogP) is 6.85. The standard InChI is InChI=1S/C69H88F2N9O18PS/c1-67(2,3)64(90)95-38-97-99(93,98-39-96-65(91)68(4,5)6)69(70,71)44-20-25-52-43(34-44)35-53(100-52)60(86)74-49-37-78(66(92)94-7)33-30-45-21-23-51(80(45)62(49)88)59(85)73-48(22-26-54(72)81)57(83)76-56(42-16-9-8-10-17-42)63(89)77-31-28-40(29-32-77)14-11-12-15-41-18-13-19-46-47(41)36-79(61(46)87)50-24-27-55(82)75-58(50)84/h13,18-20,25,34-35,40,42,45,48-51,56H,8-11,14,16-17,21-24,26-33,36-39H2,1-7H3,(H2,72,81)(H,73,85)(H,74,86)(H,76,83)(H,75,82,84)/t45-,48+,49+,50?,51+,56+/m1/s1. The average Bonchev–Trinajstić information content (AvgIpc) is 1.46. The first-order chi connectivity index (χ1) is 47.3. The summed E-state index contributed by atoms with van der Waals surface area (Å²) in [7, 11) is -4.59. The molecule has 1 aromatic heterocycles. The summed E-state index contributed by atoms with van der Waals surface area (Å²) < 4.78 is 72.7. The monoisotopic (exact) mass is 1430 g/mol. The quantitative estimate of drug-likeness (QED) is 0.0171. The number of benzene rings is 2. The number of piperidine rings is 2. The highest BCUT2D eigenvalue weighted by molar-refractivity contribution is 7.54. The largest absolute Gasteiger partial charge is 0.453 e. The topological polar surface area (TPSA) is 355 Å². The summed E-state index contributed by atoms with van der Waals surface area (Å²) in [4.78, 5) is 168. The van der Waals surface area contributed by atoms with Crippen molar-refractivity contribution in [2.45, 2.75) is 193 Å². The normalized spacial score (nSPS) is 20.9. The Morgan fingerprint density at radius 2 is 1.48 bits per heavy atom. The molecule has 542 valence electrons. The van der Waals surface area contributed by atoms with Crippen LogP contribution in [-0.2, 0) is 83.2 Å². The van der Waals surface area contributed by atoms with Crippen LogP contribution in [0.5, 0.6) is 0 Å². The summed E-state index contributed by atoms with van der Waals surface area (Å²) in [6.07, 6.45) is 6.06. The number of esters is 2. The molecule has 5 aliphatic heterocycles. The van der Waals surface area contributed by atoms with Gasteiger partial charge in [0.2, 0.25) is 54.9 Å². The minimum absolute atomic E-state index is 0.0158. The number of hydrogen-bond acceptors (Lipinski definition) is 19. The van der Waals surface area contributed by atoms with Gasteiger partial charge in [0.1, 0.15) is 30.2 Å². The van der Waals surface area contributed by atoms with Crippen molar-refractivity contribution in [3.05, 3.63) is 69.6 Å². The second kappa shape index (κ2) is 32.1. The van der Waals surface area contributed by atoms with Gasteiger partial charge in [-0.2, -0.15) is 8.78 Å². The Bertz CT molecular complexity index is 3760. The van der Waals surface area contributed by atoms with Crippen molar-refractivity contribution in [2.24, 2.45) is 28.4 Å². The third kappa shape index (κ3) is 17.8. The third-order valence-electron chi connectivity index (χ3n) is 19.1. The lowest BCUT2D eigenvalue weighted by Gasteiger charge is -2.39. The number of rotatable bonds is 22. The molecule has 1 unspecified atom stereocenters. The van der Waals surface area contributed by atoms with E-state index in [2.05, 4.69) is 33.1 Å². The molecular weight excluding hydrogens is 1340 g/mol. The molecule has 6 atom stereocenters. The van der Waals surface area contributed by atoms with Crippen molar-refractivity contribution in [1.82, 2.24) is 40.9 Å². The Morgan fingerprint density at radius 1 is 0.810 bits per heavy atom. The van der Waals surface area contributed by atoms with E-state index < -0.39 is 140 Å². The van der Waals surface area contributed by atoms with E-state index in [1.165, 1.54) is 68.4 Å². The van der Waals surface area contributed by atoms with E-state index in [0.717, 1.165) is 61.8 Å². The molecule has 0 radical (unpaired) electrons. The van der Waals surface area contributed by atoms with Crippen molar-refractivity contribution in [3.8, 4) is 11.8 Å². The molecule has 2 aromatic carbocycles. The van der Waals surface area contributed by atoms with E-state index in [9.17, 15) is 57.3 Å². The minimum atomic E-state index is -5.73. The molecule has 27 nitrogen and oxygen atoms in total. The molecule has 0 bridgehead atoms. The fourth-order valence-electron chi connectivity index (χ4n) is 13.4. The van der Waals surface area contributed by atoms with Gasteiger partial charge in [0, 0.05) is 72.9 Å². The van der Waals surface area contributed by atoms with Gasteiger partial charge in [-0.25, -0.2) is 4.79 Å². The van der Waals surface area contributed by atoms with Crippen LogP contribution in [-0.4, -0.2) is 174 Å². The highest BCUT2D eigenvalue weighted by Gasteiger charge is 2.56. The van der Waals surface area contributed by atoms with Gasteiger partial charge in [0.25, 0.3) is 11.8 Å². The van der Waals surface area contributed by atoms with Crippen molar-refractivity contribution in [1.29, 1.82) is 0 Å². The Hall–Kier alpha value is -8.39. The highest BCUT2D eigenvalue weighted by atomic mass is 32.1. The summed E-state index contributed by atoms with van der Waals surface area (Å²) in [5.74, 6) is -0.599. The lowest BCUT2D eigenvalue weighted by Crippen LogP contribution is -2.62. The van der Waals surface area contributed by atoms with Crippen LogP contribution in [0.2, 0.25) is 0 Å². The molecule has 1 aliphatic carbocycles. The van der Waals surface area contributed by atoms with Crippen LogP contribution in [0.4, 0.5) is 13.6 Å². The number of alkyl halides is 2. The zero-order valence-corrected chi connectivity index (χ0v) is 59.0. The number of nitrogens with zero attached hydrogens (tertiary/aromatic N) is 4. The van der Waals surface area contributed by atoms with E-state index >= 15 is 13.6 Å². The van der Waals surface area contributed by atoms with E-state index in [-0.39, 0.29) is 103 Å². The van der Waals surface area contributed by atoms with E-state index in [4.69, 9.17) is 29.0 Å². The van der Waals surface area contributed by atoms with Gasteiger partial charge in [-0.1, -0.05) is 43.2 Å². The molecule has 100 heavy (non-hydrogen) atoms. The van der Waals surface area contributed by atoms with Crippen LogP contribution < -0.4 is 27.0 Å². The van der Waals surface area contributed by atoms with Gasteiger partial charge < -0.3 is 55.5 Å². The number of carbonyl (C=O) groups excluding carboxylic acids is 12. The number of halogens is 2. The number of fused-ring (bicyclic) bond motifs is 3. The fourth-order valence-corrected chi connectivity index (χ4v) is 15.6. The van der Waals surface area contributed by atoms with Crippen molar-refractivity contribution in [3.63, 3.8) is 0 Å². The van der Waals surface area contributed by atoms with Crippen LogP contribution >= 0.6 is 18.9 Å². The van der Waals surface area contributed by atoms with Crippen LogP contribution in [0, 0.1) is 34.5 Å². The molecule has 5 fully saturated rings. The van der Waals surface area contributed by atoms with Gasteiger partial charge in [-0.05, 0) is 159 Å². The third-order valence-corrected chi connectivity index (χ3v) is 22.1. The summed E-state index contributed by atoms with van der Waals surface area (Å²) in [6.45, 7) is 7.09. The molecule has 31 heteroatoms. The second-order valence-electron chi connectivity index (χ2n) is 28.3. The smallest absolute Gasteiger partial charge is 0.410 e. The number of likely N-dealkylation sites (tertiary alicyclic amines) is 1. The number of nitrogens with two attached hydrogens (primary N) is 1. The van der Waals surface area contributed by atoms with Crippen molar-refractivity contribution < 1.29 is 94.1 Å². The first kappa shape index (κ1) is 75.8. The average molecular weight is 1430 g/mol. The Labute approximate surface area is 582 Å². The first-order valence-corrected chi connectivity index (χ1v) is 36.2. The SMILES string of the molecule is COC(=O)N1CC[C@H]2CC[C@@H](C(=O)N[C@@H](CCC(N)=O)C(=O)N[C@H](C(=O)N3CCC(CCC#Cc4cccc5c4CN(C4CCC(=O)NC4=O)C5=O)CC3)C3CCCCC3)N2C(=O)[C@@H](NC(=O)c2cc3cc(C(F)(F)P(=O)(OCOC(=O)C(C)(C)C)OCOC(=O)C(C)(C)C)ccc3s2)C1. The molecular formula is C69H88F2N9O18PS. The number of amides is 10. The molecule has 4 saturated heterocycles. The fraction of sp³-hybridized carbons (Fsp3) is 0.594. The zero-order valence-electron chi connectivity index (χ0n) is 57.2. The lowest BCUT2D eigenvalue weighted by molar-refractivity contribution is -0.163. The number of imide groups is 1. The van der Waals surface area contributed by atoms with Crippen molar-refractivity contribution in [2.75, 3.05) is 46.9 Å². The molecule has 6 aliphatic rings. The number of thiophene rings is 1. The number of primary amides is 1. The number of methoxy groups -OCH3 is 1. The Morgan fingerprint density at radius 3 is 2.12 bits per heavy atom. The number of hydrogen-bond donors (Lipinski definition) is 5. The van der Waals surface area contributed by atoms with Crippen molar-refractivity contribution >= 4 is 100 Å². The van der Waals surface area contributed by atoms with E-state index in [1.54, 1.807) is 17.0 Å². The first-order valence-electron chi connectivity index (χ1n) is 33.8. The summed E-state index contributed by atoms with van der Waals surface area (Å²) in [6, 6.07) is 3.01. The van der Waals surface area contributed by atoms with E-state index in [0.29, 0.717) is 56.3 Å². The molecule has 10 amide bonds. The van der Waals surface area contributed by atoms with Crippen LogP contribution in [0.1, 0.15) is 181 Å². The van der Waals surface area contributed by atoms with Gasteiger partial charge in [0.15, 0.2) is 0 Å². The zero-order chi connectivity index (χ0) is 72.6. The van der Waals surface area contributed by atoms with Gasteiger partial charge in [-0.3, -0.25) is 71.7 Å². The maximum absolute atomic E-state index is 16.7. The molecule has 6 N–H and O–H groups in total. The number of nitrogens with one attached hydrogen (secondary N) is 4. The molecule has 6 heterocycles. The van der Waals surface area contributed by atoms with Crippen LogP contribution in [0.25, 0.3) is 10.1 Å².